The first-order chi connectivity index (χ1) is 12.4. The topological polar surface area (TPSA) is 41.6 Å². The molecule has 1 N–H and O–H groups in total. The number of carbonyl (C=O) groups is 1. The minimum atomic E-state index is -0.218. The van der Waals surface area contributed by atoms with Gasteiger partial charge in [0.15, 0.2) is 0 Å². The Kier molecular flexibility index (Phi) is 7.79. The maximum Gasteiger partial charge on any atom is 0.238 e. The molecule has 0 bridgehead atoms. The predicted molar refractivity (Wildman–Crippen MR) is 109 cm³/mol. The Morgan fingerprint density at radius 3 is 2.38 bits per heavy atom. The van der Waals surface area contributed by atoms with Crippen molar-refractivity contribution in [1.82, 2.24) is 4.90 Å². The van der Waals surface area contributed by atoms with E-state index < -0.39 is 0 Å². The van der Waals surface area contributed by atoms with E-state index in [9.17, 15) is 4.79 Å². The van der Waals surface area contributed by atoms with Crippen molar-refractivity contribution in [1.29, 1.82) is 0 Å². The second kappa shape index (κ2) is 9.83. The van der Waals surface area contributed by atoms with Crippen molar-refractivity contribution in [3.8, 4) is 5.75 Å². The van der Waals surface area contributed by atoms with E-state index in [2.05, 4.69) is 11.9 Å². The number of likely N-dealkylation sites (N-methyl/N-ethyl adjacent to an activating group) is 1. The van der Waals surface area contributed by atoms with Gasteiger partial charge in [-0.1, -0.05) is 59.6 Å². The van der Waals surface area contributed by atoms with E-state index in [1.54, 1.807) is 6.08 Å². The number of hydrogen-bond acceptors (Lipinski definition) is 3. The zero-order valence-electron chi connectivity index (χ0n) is 14.3. The largest absolute Gasteiger partial charge is 0.490 e. The number of amides is 1. The highest BCUT2D eigenvalue weighted by atomic mass is 35.5. The molecule has 1 amide bonds. The number of nitrogens with zero attached hydrogens (tertiary/aromatic N) is 1. The van der Waals surface area contributed by atoms with Crippen molar-refractivity contribution in [2.45, 2.75) is 6.54 Å². The number of hydrogen-bond donors (Lipinski definition) is 1. The lowest BCUT2D eigenvalue weighted by Gasteiger charge is -2.17. The molecular formula is C19H19Cl3N2O2. The molecule has 0 saturated carbocycles. The van der Waals surface area contributed by atoms with Crippen LogP contribution in [-0.4, -0.2) is 31.0 Å². The van der Waals surface area contributed by atoms with Crippen LogP contribution in [0, 0.1) is 0 Å². The molecule has 0 radical (unpaired) electrons. The molecule has 138 valence electrons. The van der Waals surface area contributed by atoms with Crippen LogP contribution in [0.15, 0.2) is 49.1 Å². The number of nitrogens with one attached hydrogen (secondary N) is 1. The van der Waals surface area contributed by atoms with Crippen molar-refractivity contribution in [3.05, 3.63) is 69.7 Å². The van der Waals surface area contributed by atoms with E-state index in [1.807, 2.05) is 36.2 Å². The van der Waals surface area contributed by atoms with Gasteiger partial charge < -0.3 is 10.1 Å². The quantitative estimate of drug-likeness (QED) is 0.598. The lowest BCUT2D eigenvalue weighted by atomic mass is 10.2. The summed E-state index contributed by atoms with van der Waals surface area (Å²) in [6.07, 6.45) is 1.69. The molecule has 26 heavy (non-hydrogen) atoms. The highest BCUT2D eigenvalue weighted by molar-refractivity contribution is 6.42. The smallest absolute Gasteiger partial charge is 0.238 e. The van der Waals surface area contributed by atoms with Crippen molar-refractivity contribution in [2.24, 2.45) is 0 Å². The molecule has 0 unspecified atom stereocenters. The predicted octanol–water partition coefficient (Wildman–Crippen LogP) is 5.28. The summed E-state index contributed by atoms with van der Waals surface area (Å²) in [7, 11) is 1.85. The summed E-state index contributed by atoms with van der Waals surface area (Å²) in [6, 6.07) is 10.8. The SMILES string of the molecule is C=CCOc1ccc(CN(C)CC(=O)Nc2c(Cl)cc(Cl)cc2Cl)cc1. The van der Waals surface area contributed by atoms with Gasteiger partial charge >= 0.3 is 0 Å². The van der Waals surface area contributed by atoms with E-state index in [0.29, 0.717) is 33.9 Å². The molecule has 0 aliphatic carbocycles. The standard InChI is InChI=1S/C19H19Cl3N2O2/c1-3-8-26-15-6-4-13(5-7-15)11-24(2)12-18(25)23-19-16(21)9-14(20)10-17(19)22/h3-7,9-10H,1,8,11-12H2,2H3,(H,23,25). The molecular weight excluding hydrogens is 395 g/mol. The van der Waals surface area contributed by atoms with Crippen LogP contribution in [0.25, 0.3) is 0 Å². The summed E-state index contributed by atoms with van der Waals surface area (Å²) in [5.41, 5.74) is 1.42. The normalized spacial score (nSPS) is 10.7. The fourth-order valence-electron chi connectivity index (χ4n) is 2.30. The van der Waals surface area contributed by atoms with Crippen LogP contribution in [0.5, 0.6) is 5.75 Å². The zero-order chi connectivity index (χ0) is 19.1. The molecule has 0 spiro atoms. The lowest BCUT2D eigenvalue weighted by molar-refractivity contribution is -0.117. The van der Waals surface area contributed by atoms with E-state index >= 15 is 0 Å². The molecule has 0 aromatic heterocycles. The molecule has 0 aliphatic rings. The summed E-state index contributed by atoms with van der Waals surface area (Å²) in [6.45, 7) is 4.87. The Hall–Kier alpha value is -1.72. The number of benzene rings is 2. The van der Waals surface area contributed by atoms with Gasteiger partial charge in [0.25, 0.3) is 0 Å². The molecule has 2 aromatic carbocycles. The molecule has 0 saturated heterocycles. The van der Waals surface area contributed by atoms with Gasteiger partial charge in [0, 0.05) is 11.6 Å². The van der Waals surface area contributed by atoms with E-state index in [0.717, 1.165) is 11.3 Å². The van der Waals surface area contributed by atoms with Crippen molar-refractivity contribution >= 4 is 46.4 Å². The first kappa shape index (κ1) is 20.6. The van der Waals surface area contributed by atoms with Gasteiger partial charge in [-0.3, -0.25) is 9.69 Å². The molecule has 0 aliphatic heterocycles. The Morgan fingerprint density at radius 2 is 1.81 bits per heavy atom. The van der Waals surface area contributed by atoms with Gasteiger partial charge in [-0.25, -0.2) is 0 Å². The lowest BCUT2D eigenvalue weighted by Crippen LogP contribution is -2.30. The summed E-state index contributed by atoms with van der Waals surface area (Å²) >= 11 is 18.0. The second-order valence-electron chi connectivity index (χ2n) is 5.71. The molecule has 2 aromatic rings. The van der Waals surface area contributed by atoms with Gasteiger partial charge in [0.1, 0.15) is 12.4 Å². The molecule has 7 heteroatoms. The Balaban J connectivity index is 1.90. The Morgan fingerprint density at radius 1 is 1.19 bits per heavy atom. The van der Waals surface area contributed by atoms with Crippen LogP contribution in [0.1, 0.15) is 5.56 Å². The molecule has 0 heterocycles. The van der Waals surface area contributed by atoms with Crippen LogP contribution >= 0.6 is 34.8 Å². The Bertz CT molecular complexity index is 756. The van der Waals surface area contributed by atoms with Crippen molar-refractivity contribution in [2.75, 3.05) is 25.5 Å². The average molecular weight is 414 g/mol. The summed E-state index contributed by atoms with van der Waals surface area (Å²) in [5.74, 6) is 0.561. The van der Waals surface area contributed by atoms with Gasteiger partial charge in [-0.15, -0.1) is 0 Å². The minimum absolute atomic E-state index is 0.185. The maximum absolute atomic E-state index is 12.2. The number of ether oxygens (including phenoxy) is 1. The Labute approximate surface area is 168 Å². The summed E-state index contributed by atoms with van der Waals surface area (Å²) < 4.78 is 5.45. The van der Waals surface area contributed by atoms with Crippen molar-refractivity contribution in [3.63, 3.8) is 0 Å². The van der Waals surface area contributed by atoms with Crippen LogP contribution in [0.2, 0.25) is 15.1 Å². The maximum atomic E-state index is 12.2. The number of halogens is 3. The number of rotatable bonds is 8. The van der Waals surface area contributed by atoms with E-state index in [-0.39, 0.29) is 12.5 Å². The summed E-state index contributed by atoms with van der Waals surface area (Å²) in [4.78, 5) is 14.1. The van der Waals surface area contributed by atoms with Crippen LogP contribution in [-0.2, 0) is 11.3 Å². The highest BCUT2D eigenvalue weighted by Gasteiger charge is 2.13. The van der Waals surface area contributed by atoms with Crippen LogP contribution in [0.4, 0.5) is 5.69 Å². The fourth-order valence-corrected chi connectivity index (χ4v) is 3.21. The zero-order valence-corrected chi connectivity index (χ0v) is 16.5. The second-order valence-corrected chi connectivity index (χ2v) is 6.96. The monoisotopic (exact) mass is 412 g/mol. The van der Waals surface area contributed by atoms with Crippen LogP contribution in [0.3, 0.4) is 0 Å². The van der Waals surface area contributed by atoms with E-state index in [4.69, 9.17) is 39.5 Å². The highest BCUT2D eigenvalue weighted by Crippen LogP contribution is 2.33. The molecule has 2 rings (SSSR count). The molecule has 0 atom stereocenters. The third-order valence-corrected chi connectivity index (χ3v) is 4.24. The first-order valence-corrected chi connectivity index (χ1v) is 8.98. The van der Waals surface area contributed by atoms with Gasteiger partial charge in [-0.2, -0.15) is 0 Å². The molecule has 0 fully saturated rings. The average Bonchev–Trinajstić information content (AvgIpc) is 2.57. The van der Waals surface area contributed by atoms with Gasteiger partial charge in [0.2, 0.25) is 5.91 Å². The summed E-state index contributed by atoms with van der Waals surface area (Å²) in [5, 5.41) is 3.73. The number of anilines is 1. The number of carbonyl (C=O) groups excluding carboxylic acids is 1. The van der Waals surface area contributed by atoms with Gasteiger partial charge in [0.05, 0.1) is 22.3 Å². The third kappa shape index (κ3) is 6.22. The van der Waals surface area contributed by atoms with Crippen molar-refractivity contribution < 1.29 is 9.53 Å². The molecule has 4 nitrogen and oxygen atoms in total. The van der Waals surface area contributed by atoms with E-state index in [1.165, 1.54) is 12.1 Å². The first-order valence-electron chi connectivity index (χ1n) is 7.84. The third-order valence-electron chi connectivity index (χ3n) is 3.43. The van der Waals surface area contributed by atoms with Gasteiger partial charge in [-0.05, 0) is 36.9 Å². The minimum Gasteiger partial charge on any atom is -0.490 e. The fraction of sp³-hybridized carbons (Fsp3) is 0.211. The van der Waals surface area contributed by atoms with Crippen LogP contribution < -0.4 is 10.1 Å².